The summed E-state index contributed by atoms with van der Waals surface area (Å²) in [4.78, 5) is 27.0. The van der Waals surface area contributed by atoms with Crippen molar-refractivity contribution < 1.29 is 9.53 Å². The Morgan fingerprint density at radius 2 is 2.39 bits per heavy atom. The van der Waals surface area contributed by atoms with Gasteiger partial charge in [0.25, 0.3) is 5.56 Å². The molecular weight excluding hydrogens is 325 g/mol. The van der Waals surface area contributed by atoms with Crippen molar-refractivity contribution in [2.45, 2.75) is 13.0 Å². The highest BCUT2D eigenvalue weighted by molar-refractivity contribution is 9.10. The lowest BCUT2D eigenvalue weighted by Crippen LogP contribution is -2.33. The Morgan fingerprint density at radius 3 is 3.06 bits per heavy atom. The zero-order valence-corrected chi connectivity index (χ0v) is 12.1. The van der Waals surface area contributed by atoms with E-state index in [0.717, 1.165) is 6.42 Å². The van der Waals surface area contributed by atoms with Crippen molar-refractivity contribution >= 4 is 33.4 Å². The highest BCUT2D eigenvalue weighted by Gasteiger charge is 2.09. The van der Waals surface area contributed by atoms with Crippen LogP contribution in [0.1, 0.15) is 6.42 Å². The van der Waals surface area contributed by atoms with Crippen LogP contribution in [0.15, 0.2) is 15.6 Å². The zero-order chi connectivity index (χ0) is 13.5. The Bertz CT molecular complexity index is 478. The summed E-state index contributed by atoms with van der Waals surface area (Å²) in [6.07, 6.45) is 1.96. The maximum absolute atomic E-state index is 11.7. The zero-order valence-electron chi connectivity index (χ0n) is 9.78. The molecule has 0 aromatic carbocycles. The van der Waals surface area contributed by atoms with Gasteiger partial charge in [0.2, 0.25) is 5.91 Å². The Kier molecular flexibility index (Phi) is 6.31. The molecule has 8 heteroatoms. The molecule has 0 aliphatic rings. The third-order valence-corrected chi connectivity index (χ3v) is 3.33. The average molecular weight is 339 g/mol. The molecule has 1 aromatic rings. The van der Waals surface area contributed by atoms with Gasteiger partial charge < -0.3 is 10.1 Å². The third-order valence-electron chi connectivity index (χ3n) is 2.10. The van der Waals surface area contributed by atoms with Crippen molar-refractivity contribution in [1.82, 2.24) is 14.9 Å². The molecule has 0 aliphatic carbocycles. The summed E-state index contributed by atoms with van der Waals surface area (Å²) < 4.78 is 6.19. The number of nitrogens with zero attached hydrogens (tertiary/aromatic N) is 2. The Balaban J connectivity index is 2.55. The molecule has 0 unspecified atom stereocenters. The highest BCUT2D eigenvalue weighted by Crippen LogP contribution is 2.13. The van der Waals surface area contributed by atoms with E-state index < -0.39 is 0 Å². The first-order chi connectivity index (χ1) is 8.56. The second kappa shape index (κ2) is 7.50. The van der Waals surface area contributed by atoms with Crippen LogP contribution in [-0.4, -0.2) is 35.7 Å². The van der Waals surface area contributed by atoms with E-state index in [9.17, 15) is 9.59 Å². The first-order valence-corrected chi connectivity index (χ1v) is 6.39. The molecule has 100 valence electrons. The standard InChI is InChI=1S/C10H13BrClN3O3/c1-18-4-2-3-13-7(16)5-15-6-14-9(12)8(11)10(15)17/h6H,2-5H2,1H3,(H,13,16). The van der Waals surface area contributed by atoms with E-state index in [-0.39, 0.29) is 27.6 Å². The van der Waals surface area contributed by atoms with E-state index in [1.807, 2.05) is 0 Å². The Hall–Kier alpha value is -0.920. The van der Waals surface area contributed by atoms with Crippen molar-refractivity contribution in [2.24, 2.45) is 0 Å². The van der Waals surface area contributed by atoms with Crippen LogP contribution < -0.4 is 10.9 Å². The van der Waals surface area contributed by atoms with E-state index in [1.54, 1.807) is 7.11 Å². The second-order valence-corrected chi connectivity index (χ2v) is 4.63. The number of carbonyl (C=O) groups is 1. The molecule has 0 radical (unpaired) electrons. The van der Waals surface area contributed by atoms with Crippen LogP contribution in [0, 0.1) is 0 Å². The van der Waals surface area contributed by atoms with Gasteiger partial charge in [-0.3, -0.25) is 14.2 Å². The number of methoxy groups -OCH3 is 1. The fourth-order valence-corrected chi connectivity index (χ4v) is 1.67. The first kappa shape index (κ1) is 15.1. The number of aromatic nitrogens is 2. The number of ether oxygens (including phenoxy) is 1. The second-order valence-electron chi connectivity index (χ2n) is 3.48. The summed E-state index contributed by atoms with van der Waals surface area (Å²) >= 11 is 8.67. The number of amides is 1. The van der Waals surface area contributed by atoms with Crippen LogP contribution >= 0.6 is 27.5 Å². The van der Waals surface area contributed by atoms with E-state index in [2.05, 4.69) is 26.2 Å². The lowest BCUT2D eigenvalue weighted by Gasteiger charge is -2.07. The normalized spacial score (nSPS) is 10.4. The van der Waals surface area contributed by atoms with Crippen LogP contribution in [0.3, 0.4) is 0 Å². The monoisotopic (exact) mass is 337 g/mol. The largest absolute Gasteiger partial charge is 0.385 e. The molecule has 6 nitrogen and oxygen atoms in total. The number of halogens is 2. The molecule has 0 spiro atoms. The van der Waals surface area contributed by atoms with Crippen molar-refractivity contribution in [3.8, 4) is 0 Å². The fraction of sp³-hybridized carbons (Fsp3) is 0.500. The molecule has 1 aromatic heterocycles. The molecule has 0 saturated heterocycles. The summed E-state index contributed by atoms with van der Waals surface area (Å²) in [5.41, 5.74) is -0.387. The van der Waals surface area contributed by atoms with Crippen molar-refractivity contribution in [3.63, 3.8) is 0 Å². The number of rotatable bonds is 6. The van der Waals surface area contributed by atoms with Gasteiger partial charge in [0, 0.05) is 20.3 Å². The minimum atomic E-state index is -0.387. The molecule has 1 amide bonds. The van der Waals surface area contributed by atoms with Gasteiger partial charge >= 0.3 is 0 Å². The Labute approximate surface area is 117 Å². The summed E-state index contributed by atoms with van der Waals surface area (Å²) in [6, 6.07) is 0. The average Bonchev–Trinajstić information content (AvgIpc) is 2.35. The van der Waals surface area contributed by atoms with Gasteiger partial charge in [0.1, 0.15) is 11.0 Å². The smallest absolute Gasteiger partial charge is 0.269 e. The molecule has 1 N–H and O–H groups in total. The predicted molar refractivity (Wildman–Crippen MR) is 70.7 cm³/mol. The van der Waals surface area contributed by atoms with Gasteiger partial charge in [0.05, 0.1) is 6.33 Å². The van der Waals surface area contributed by atoms with Crippen molar-refractivity contribution in [3.05, 3.63) is 26.3 Å². The van der Waals surface area contributed by atoms with E-state index in [4.69, 9.17) is 16.3 Å². The summed E-state index contributed by atoms with van der Waals surface area (Å²) in [7, 11) is 1.60. The quantitative estimate of drug-likeness (QED) is 0.615. The molecule has 0 bridgehead atoms. The topological polar surface area (TPSA) is 73.2 Å². The van der Waals surface area contributed by atoms with Gasteiger partial charge in [-0.15, -0.1) is 0 Å². The number of nitrogens with one attached hydrogen (secondary N) is 1. The maximum Gasteiger partial charge on any atom is 0.269 e. The van der Waals surface area contributed by atoms with Gasteiger partial charge in [-0.1, -0.05) is 11.6 Å². The SMILES string of the molecule is COCCCNC(=O)Cn1cnc(Cl)c(Br)c1=O. The molecule has 18 heavy (non-hydrogen) atoms. The minimum absolute atomic E-state index is 0.0803. The van der Waals surface area contributed by atoms with Gasteiger partial charge in [-0.2, -0.15) is 0 Å². The molecule has 1 rings (SSSR count). The molecule has 1 heterocycles. The summed E-state index contributed by atoms with van der Waals surface area (Å²) in [5.74, 6) is -0.260. The molecule has 0 atom stereocenters. The van der Waals surface area contributed by atoms with Crippen LogP contribution in [0.25, 0.3) is 0 Å². The van der Waals surface area contributed by atoms with Crippen LogP contribution in [0.4, 0.5) is 0 Å². The highest BCUT2D eigenvalue weighted by atomic mass is 79.9. The van der Waals surface area contributed by atoms with Crippen LogP contribution in [0.2, 0.25) is 5.15 Å². The van der Waals surface area contributed by atoms with E-state index in [0.29, 0.717) is 13.2 Å². The lowest BCUT2D eigenvalue weighted by molar-refractivity contribution is -0.121. The number of carbonyl (C=O) groups excluding carboxylic acids is 1. The maximum atomic E-state index is 11.7. The van der Waals surface area contributed by atoms with Crippen LogP contribution in [-0.2, 0) is 16.1 Å². The molecule has 0 fully saturated rings. The van der Waals surface area contributed by atoms with Gasteiger partial charge in [0.15, 0.2) is 5.15 Å². The van der Waals surface area contributed by atoms with Crippen molar-refractivity contribution in [2.75, 3.05) is 20.3 Å². The first-order valence-electron chi connectivity index (χ1n) is 5.22. The number of hydrogen-bond acceptors (Lipinski definition) is 4. The summed E-state index contributed by atoms with van der Waals surface area (Å²) in [6.45, 7) is 0.993. The van der Waals surface area contributed by atoms with Crippen LogP contribution in [0.5, 0.6) is 0 Å². The van der Waals surface area contributed by atoms with Gasteiger partial charge in [-0.05, 0) is 22.4 Å². The lowest BCUT2D eigenvalue weighted by atomic mass is 10.4. The molecular formula is C10H13BrClN3O3. The fourth-order valence-electron chi connectivity index (χ4n) is 1.21. The minimum Gasteiger partial charge on any atom is -0.385 e. The number of hydrogen-bond donors (Lipinski definition) is 1. The molecule has 0 saturated carbocycles. The molecule has 0 aliphatic heterocycles. The van der Waals surface area contributed by atoms with E-state index >= 15 is 0 Å². The van der Waals surface area contributed by atoms with E-state index in [1.165, 1.54) is 10.9 Å². The van der Waals surface area contributed by atoms with Gasteiger partial charge in [-0.25, -0.2) is 4.98 Å². The Morgan fingerprint density at radius 1 is 1.67 bits per heavy atom. The third kappa shape index (κ3) is 4.40. The van der Waals surface area contributed by atoms with Crippen molar-refractivity contribution in [1.29, 1.82) is 0 Å². The predicted octanol–water partition coefficient (Wildman–Crippen LogP) is 0.812. The summed E-state index contributed by atoms with van der Waals surface area (Å²) in [5, 5.41) is 2.75.